The zero-order chi connectivity index (χ0) is 21.7. The second-order valence-electron chi connectivity index (χ2n) is 6.99. The van der Waals surface area contributed by atoms with E-state index in [1.54, 1.807) is 12.3 Å². The molecule has 2 heterocycles. The zero-order valence-electron chi connectivity index (χ0n) is 17.3. The van der Waals surface area contributed by atoms with Crippen molar-refractivity contribution in [3.63, 3.8) is 0 Å². The quantitative estimate of drug-likeness (QED) is 0.430. The molecule has 0 radical (unpaired) electrons. The number of unbranched alkanes of at least 4 members (excludes halogenated alkanes) is 1. The Hall–Kier alpha value is -3.00. The summed E-state index contributed by atoms with van der Waals surface area (Å²) in [5.74, 6) is -0.885. The lowest BCUT2D eigenvalue weighted by atomic mass is 10.1. The monoisotopic (exact) mass is 427 g/mol. The fourth-order valence-electron chi connectivity index (χ4n) is 2.96. The molecular weight excluding hydrogens is 402 g/mol. The van der Waals surface area contributed by atoms with Crippen molar-refractivity contribution in [3.05, 3.63) is 57.5 Å². The first-order chi connectivity index (χ1) is 14.5. The van der Waals surface area contributed by atoms with Gasteiger partial charge in [0.05, 0.1) is 23.9 Å². The van der Waals surface area contributed by atoms with E-state index >= 15 is 0 Å². The minimum absolute atomic E-state index is 0.191. The molecule has 0 saturated carbocycles. The zero-order valence-corrected chi connectivity index (χ0v) is 18.1. The topological polar surface area (TPSA) is 90.3 Å². The first-order valence-corrected chi connectivity index (χ1v) is 10.9. The number of ether oxygens (including phenoxy) is 1. The molecule has 1 aromatic carbocycles. The van der Waals surface area contributed by atoms with Crippen LogP contribution in [0.5, 0.6) is 0 Å². The van der Waals surface area contributed by atoms with E-state index in [0.29, 0.717) is 17.1 Å². The smallest absolute Gasteiger partial charge is 0.339 e. The van der Waals surface area contributed by atoms with E-state index in [1.807, 2.05) is 31.2 Å². The third-order valence-electron chi connectivity index (χ3n) is 4.90. The third kappa shape index (κ3) is 4.59. The summed E-state index contributed by atoms with van der Waals surface area (Å²) in [5.41, 5.74) is 1.58. The molecule has 2 aromatic heterocycles. The molecule has 0 fully saturated rings. The standard InChI is InChI=1S/C22H25N3O4S/c1-4-6-11-29-22(28)17-12-30-20-18(17)21(27)25(13-23-20)14(3)19(26)24-16-9-7-15(5-2)8-10-16/h7-10,12-14H,4-6,11H2,1-3H3,(H,24,26). The van der Waals surface area contributed by atoms with Gasteiger partial charge in [-0.3, -0.25) is 14.2 Å². The number of aromatic nitrogens is 2. The molecule has 30 heavy (non-hydrogen) atoms. The van der Waals surface area contributed by atoms with Gasteiger partial charge in [-0.15, -0.1) is 11.3 Å². The van der Waals surface area contributed by atoms with Gasteiger partial charge in [0, 0.05) is 11.1 Å². The third-order valence-corrected chi connectivity index (χ3v) is 5.78. The molecule has 0 bridgehead atoms. The summed E-state index contributed by atoms with van der Waals surface area (Å²) in [7, 11) is 0. The van der Waals surface area contributed by atoms with Crippen molar-refractivity contribution in [2.24, 2.45) is 0 Å². The Morgan fingerprint density at radius 1 is 1.23 bits per heavy atom. The lowest BCUT2D eigenvalue weighted by Crippen LogP contribution is -2.32. The number of nitrogens with zero attached hydrogens (tertiary/aromatic N) is 2. The van der Waals surface area contributed by atoms with E-state index in [0.717, 1.165) is 19.3 Å². The van der Waals surface area contributed by atoms with Crippen LogP contribution in [0.25, 0.3) is 10.2 Å². The van der Waals surface area contributed by atoms with Gasteiger partial charge < -0.3 is 10.1 Å². The summed E-state index contributed by atoms with van der Waals surface area (Å²) in [6.45, 7) is 5.98. The summed E-state index contributed by atoms with van der Waals surface area (Å²) in [5, 5.41) is 4.59. The van der Waals surface area contributed by atoms with Crippen molar-refractivity contribution in [1.29, 1.82) is 0 Å². The van der Waals surface area contributed by atoms with Gasteiger partial charge in [0.15, 0.2) is 0 Å². The number of thiophene rings is 1. The number of hydrogen-bond donors (Lipinski definition) is 1. The van der Waals surface area contributed by atoms with Gasteiger partial charge in [0.25, 0.3) is 5.56 Å². The highest BCUT2D eigenvalue weighted by molar-refractivity contribution is 7.17. The number of nitrogens with one attached hydrogen (secondary N) is 1. The Balaban J connectivity index is 1.84. The predicted octanol–water partition coefficient (Wildman–Crippen LogP) is 4.18. The molecule has 0 aliphatic heterocycles. The Morgan fingerprint density at radius 3 is 2.63 bits per heavy atom. The molecule has 0 aliphatic rings. The van der Waals surface area contributed by atoms with Crippen LogP contribution in [0.2, 0.25) is 0 Å². The maximum atomic E-state index is 13.1. The Morgan fingerprint density at radius 2 is 1.97 bits per heavy atom. The van der Waals surface area contributed by atoms with Gasteiger partial charge in [-0.2, -0.15) is 0 Å². The van der Waals surface area contributed by atoms with E-state index in [1.165, 1.54) is 27.8 Å². The number of anilines is 1. The number of aryl methyl sites for hydroxylation is 1. The highest BCUT2D eigenvalue weighted by Gasteiger charge is 2.22. The lowest BCUT2D eigenvalue weighted by molar-refractivity contribution is -0.118. The normalized spacial score (nSPS) is 12.0. The van der Waals surface area contributed by atoms with Crippen molar-refractivity contribution in [3.8, 4) is 0 Å². The summed E-state index contributed by atoms with van der Waals surface area (Å²) < 4.78 is 6.49. The van der Waals surface area contributed by atoms with Crippen molar-refractivity contribution in [2.45, 2.75) is 46.1 Å². The maximum Gasteiger partial charge on any atom is 0.339 e. The largest absolute Gasteiger partial charge is 0.462 e. The second-order valence-corrected chi connectivity index (χ2v) is 7.85. The van der Waals surface area contributed by atoms with Gasteiger partial charge in [0.1, 0.15) is 10.9 Å². The lowest BCUT2D eigenvalue weighted by Gasteiger charge is -2.15. The summed E-state index contributed by atoms with van der Waals surface area (Å²) in [6, 6.07) is 6.75. The van der Waals surface area contributed by atoms with Crippen LogP contribution in [-0.4, -0.2) is 28.0 Å². The number of amides is 1. The molecular formula is C22H25N3O4S. The molecule has 0 saturated heterocycles. The van der Waals surface area contributed by atoms with E-state index in [-0.39, 0.29) is 16.9 Å². The number of carbonyl (C=O) groups excluding carboxylic acids is 2. The molecule has 1 unspecified atom stereocenters. The molecule has 0 spiro atoms. The number of fused-ring (bicyclic) bond motifs is 1. The van der Waals surface area contributed by atoms with Gasteiger partial charge in [-0.25, -0.2) is 9.78 Å². The second kappa shape index (κ2) is 9.67. The van der Waals surface area contributed by atoms with Crippen LogP contribution in [-0.2, 0) is 16.0 Å². The predicted molar refractivity (Wildman–Crippen MR) is 118 cm³/mol. The molecule has 8 heteroatoms. The molecule has 1 amide bonds. The Labute approximate surface area is 178 Å². The van der Waals surface area contributed by atoms with E-state index < -0.39 is 17.6 Å². The molecule has 3 aromatic rings. The van der Waals surface area contributed by atoms with Gasteiger partial charge >= 0.3 is 5.97 Å². The molecule has 7 nitrogen and oxygen atoms in total. The van der Waals surface area contributed by atoms with Crippen LogP contribution >= 0.6 is 11.3 Å². The summed E-state index contributed by atoms with van der Waals surface area (Å²) >= 11 is 1.20. The molecule has 1 N–H and O–H groups in total. The SMILES string of the molecule is CCCCOC(=O)c1csc2ncn(C(C)C(=O)Nc3ccc(CC)cc3)c(=O)c12. The average Bonchev–Trinajstić information content (AvgIpc) is 3.19. The summed E-state index contributed by atoms with van der Waals surface area (Å²) in [6.07, 6.45) is 3.92. The van der Waals surface area contributed by atoms with Crippen LogP contribution in [0.4, 0.5) is 5.69 Å². The number of benzene rings is 1. The van der Waals surface area contributed by atoms with Crippen molar-refractivity contribution in [1.82, 2.24) is 9.55 Å². The first kappa shape index (κ1) is 21.7. The molecule has 3 rings (SSSR count). The Bertz CT molecular complexity index is 1100. The van der Waals surface area contributed by atoms with Crippen LogP contribution in [0.3, 0.4) is 0 Å². The highest BCUT2D eigenvalue weighted by atomic mass is 32.1. The van der Waals surface area contributed by atoms with Gasteiger partial charge in [-0.05, 0) is 37.5 Å². The average molecular weight is 428 g/mol. The van der Waals surface area contributed by atoms with Gasteiger partial charge in [-0.1, -0.05) is 32.4 Å². The first-order valence-electron chi connectivity index (χ1n) is 10.0. The van der Waals surface area contributed by atoms with Crippen molar-refractivity contribution in [2.75, 3.05) is 11.9 Å². The minimum Gasteiger partial charge on any atom is -0.462 e. The fraction of sp³-hybridized carbons (Fsp3) is 0.364. The van der Waals surface area contributed by atoms with Gasteiger partial charge in [0.2, 0.25) is 5.91 Å². The Kier molecular flexibility index (Phi) is 6.99. The number of hydrogen-bond acceptors (Lipinski definition) is 6. The van der Waals surface area contributed by atoms with Crippen LogP contribution in [0, 0.1) is 0 Å². The highest BCUT2D eigenvalue weighted by Crippen LogP contribution is 2.22. The van der Waals surface area contributed by atoms with Crippen LogP contribution in [0.1, 0.15) is 55.6 Å². The van der Waals surface area contributed by atoms with Crippen LogP contribution in [0.15, 0.2) is 40.8 Å². The molecule has 158 valence electrons. The summed E-state index contributed by atoms with van der Waals surface area (Å²) in [4.78, 5) is 42.9. The molecule has 1 atom stereocenters. The minimum atomic E-state index is -0.802. The van der Waals surface area contributed by atoms with E-state index in [4.69, 9.17) is 4.74 Å². The fourth-order valence-corrected chi connectivity index (χ4v) is 3.82. The van der Waals surface area contributed by atoms with E-state index in [2.05, 4.69) is 17.2 Å². The number of carbonyl (C=O) groups is 2. The van der Waals surface area contributed by atoms with Crippen molar-refractivity contribution >= 4 is 39.1 Å². The molecule has 0 aliphatic carbocycles. The number of rotatable bonds is 8. The number of esters is 1. The van der Waals surface area contributed by atoms with Crippen LogP contribution < -0.4 is 10.9 Å². The van der Waals surface area contributed by atoms with E-state index in [9.17, 15) is 14.4 Å². The maximum absolute atomic E-state index is 13.1. The van der Waals surface area contributed by atoms with Crippen molar-refractivity contribution < 1.29 is 14.3 Å².